The van der Waals surface area contributed by atoms with Gasteiger partial charge in [0, 0.05) is 12.4 Å². The lowest BCUT2D eigenvalue weighted by Gasteiger charge is -2.21. The normalized spacial score (nSPS) is 14.4. The Hall–Kier alpha value is -1.81. The fourth-order valence-corrected chi connectivity index (χ4v) is 1.59. The molecule has 0 saturated carbocycles. The molecule has 1 heterocycles. The molecule has 84 valence electrons. The van der Waals surface area contributed by atoms with Crippen molar-refractivity contribution in [3.8, 4) is 5.75 Å². The van der Waals surface area contributed by atoms with Crippen molar-refractivity contribution in [1.29, 1.82) is 0 Å². The number of ether oxygens (including phenoxy) is 1. The highest BCUT2D eigenvalue weighted by molar-refractivity contribution is 5.35. The third-order valence-corrected chi connectivity index (χ3v) is 2.59. The SMILES string of the molecule is COc1cccc(C(C)(O)c2ncc[nH]2)c1. The van der Waals surface area contributed by atoms with Crippen LogP contribution in [-0.2, 0) is 5.60 Å². The number of aromatic nitrogens is 2. The van der Waals surface area contributed by atoms with Gasteiger partial charge in [-0.25, -0.2) is 4.98 Å². The second kappa shape index (κ2) is 3.98. The van der Waals surface area contributed by atoms with E-state index < -0.39 is 5.60 Å². The Bertz CT molecular complexity index is 464. The van der Waals surface area contributed by atoms with Gasteiger partial charge in [0.15, 0.2) is 0 Å². The number of hydrogen-bond donors (Lipinski definition) is 2. The van der Waals surface area contributed by atoms with Crippen LogP contribution in [-0.4, -0.2) is 22.2 Å². The topological polar surface area (TPSA) is 58.1 Å². The van der Waals surface area contributed by atoms with E-state index in [-0.39, 0.29) is 0 Å². The Morgan fingerprint density at radius 3 is 2.88 bits per heavy atom. The summed E-state index contributed by atoms with van der Waals surface area (Å²) in [5.41, 5.74) is -0.403. The Kier molecular flexibility index (Phi) is 2.66. The summed E-state index contributed by atoms with van der Waals surface area (Å²) in [6, 6.07) is 7.31. The number of H-pyrrole nitrogens is 1. The van der Waals surface area contributed by atoms with Crippen LogP contribution in [0.5, 0.6) is 5.75 Å². The lowest BCUT2D eigenvalue weighted by Crippen LogP contribution is -2.24. The molecule has 16 heavy (non-hydrogen) atoms. The van der Waals surface area contributed by atoms with Crippen LogP contribution >= 0.6 is 0 Å². The van der Waals surface area contributed by atoms with Crippen LogP contribution in [0.15, 0.2) is 36.7 Å². The first-order valence-corrected chi connectivity index (χ1v) is 5.01. The van der Waals surface area contributed by atoms with E-state index in [9.17, 15) is 5.11 Å². The summed E-state index contributed by atoms with van der Waals surface area (Å²) in [6.45, 7) is 1.70. The Morgan fingerprint density at radius 1 is 1.44 bits per heavy atom. The number of hydrogen-bond acceptors (Lipinski definition) is 3. The molecule has 2 rings (SSSR count). The van der Waals surface area contributed by atoms with E-state index >= 15 is 0 Å². The molecule has 4 heteroatoms. The third kappa shape index (κ3) is 1.79. The first-order valence-electron chi connectivity index (χ1n) is 5.01. The van der Waals surface area contributed by atoms with Crippen LogP contribution in [0, 0.1) is 0 Å². The van der Waals surface area contributed by atoms with Crippen molar-refractivity contribution in [2.75, 3.05) is 7.11 Å². The van der Waals surface area contributed by atoms with Gasteiger partial charge in [-0.15, -0.1) is 0 Å². The molecule has 0 radical (unpaired) electrons. The highest BCUT2D eigenvalue weighted by Crippen LogP contribution is 2.28. The molecule has 2 N–H and O–H groups in total. The minimum absolute atomic E-state index is 0.515. The highest BCUT2D eigenvalue weighted by Gasteiger charge is 2.28. The van der Waals surface area contributed by atoms with Crippen molar-refractivity contribution < 1.29 is 9.84 Å². The maximum absolute atomic E-state index is 10.4. The summed E-state index contributed by atoms with van der Waals surface area (Å²) in [5, 5.41) is 10.4. The molecular formula is C12H14N2O2. The molecule has 0 aliphatic heterocycles. The molecule has 1 aromatic heterocycles. The molecule has 1 aromatic carbocycles. The number of nitrogens with one attached hydrogen (secondary N) is 1. The Morgan fingerprint density at radius 2 is 2.25 bits per heavy atom. The quantitative estimate of drug-likeness (QED) is 0.824. The summed E-state index contributed by atoms with van der Waals surface area (Å²) in [7, 11) is 1.60. The largest absolute Gasteiger partial charge is 0.497 e. The number of rotatable bonds is 3. The van der Waals surface area contributed by atoms with Gasteiger partial charge in [0.25, 0.3) is 0 Å². The molecule has 1 atom stereocenters. The predicted molar refractivity (Wildman–Crippen MR) is 60.3 cm³/mol. The number of aromatic amines is 1. The molecule has 0 amide bonds. The molecule has 0 aliphatic rings. The minimum Gasteiger partial charge on any atom is -0.497 e. The Balaban J connectivity index is 2.42. The zero-order chi connectivity index (χ0) is 11.6. The van der Waals surface area contributed by atoms with Gasteiger partial charge in [-0.05, 0) is 24.6 Å². The molecule has 2 aromatic rings. The monoisotopic (exact) mass is 218 g/mol. The van der Waals surface area contributed by atoms with Gasteiger partial charge in [0.2, 0.25) is 0 Å². The highest BCUT2D eigenvalue weighted by atomic mass is 16.5. The zero-order valence-corrected chi connectivity index (χ0v) is 9.27. The number of imidazole rings is 1. The number of aliphatic hydroxyl groups is 1. The summed E-state index contributed by atoms with van der Waals surface area (Å²) in [5.74, 6) is 1.23. The van der Waals surface area contributed by atoms with Crippen molar-refractivity contribution >= 4 is 0 Å². The smallest absolute Gasteiger partial charge is 0.144 e. The van der Waals surface area contributed by atoms with Gasteiger partial charge in [-0.2, -0.15) is 0 Å². The third-order valence-electron chi connectivity index (χ3n) is 2.59. The van der Waals surface area contributed by atoms with Crippen LogP contribution in [0.4, 0.5) is 0 Å². The van der Waals surface area contributed by atoms with E-state index in [1.54, 1.807) is 32.5 Å². The lowest BCUT2D eigenvalue weighted by molar-refractivity contribution is 0.0929. The van der Waals surface area contributed by atoms with Gasteiger partial charge in [0.05, 0.1) is 7.11 Å². The number of methoxy groups -OCH3 is 1. The van der Waals surface area contributed by atoms with Crippen LogP contribution < -0.4 is 4.74 Å². The molecule has 1 unspecified atom stereocenters. The first-order chi connectivity index (χ1) is 7.64. The predicted octanol–water partition coefficient (Wildman–Crippen LogP) is 1.67. The van der Waals surface area contributed by atoms with E-state index in [2.05, 4.69) is 9.97 Å². The lowest BCUT2D eigenvalue weighted by atomic mass is 9.95. The van der Waals surface area contributed by atoms with E-state index in [1.807, 2.05) is 18.2 Å². The Labute approximate surface area is 93.9 Å². The number of nitrogens with zero attached hydrogens (tertiary/aromatic N) is 1. The van der Waals surface area contributed by atoms with E-state index in [1.165, 1.54) is 0 Å². The van der Waals surface area contributed by atoms with Crippen LogP contribution in [0.2, 0.25) is 0 Å². The van der Waals surface area contributed by atoms with Gasteiger partial charge >= 0.3 is 0 Å². The first kappa shape index (κ1) is 10.7. The van der Waals surface area contributed by atoms with E-state index in [0.717, 1.165) is 5.56 Å². The van der Waals surface area contributed by atoms with E-state index in [4.69, 9.17) is 4.74 Å². The zero-order valence-electron chi connectivity index (χ0n) is 9.27. The fourth-order valence-electron chi connectivity index (χ4n) is 1.59. The van der Waals surface area contributed by atoms with Crippen LogP contribution in [0.3, 0.4) is 0 Å². The second-order valence-electron chi connectivity index (χ2n) is 3.74. The minimum atomic E-state index is -1.14. The molecule has 0 saturated heterocycles. The molecule has 0 fully saturated rings. The van der Waals surface area contributed by atoms with Crippen LogP contribution in [0.25, 0.3) is 0 Å². The molecule has 0 bridgehead atoms. The molecular weight excluding hydrogens is 204 g/mol. The van der Waals surface area contributed by atoms with Crippen molar-refractivity contribution in [2.45, 2.75) is 12.5 Å². The summed E-state index contributed by atoms with van der Waals surface area (Å²) >= 11 is 0. The van der Waals surface area contributed by atoms with Gasteiger partial charge < -0.3 is 14.8 Å². The average molecular weight is 218 g/mol. The summed E-state index contributed by atoms with van der Waals surface area (Å²) < 4.78 is 5.13. The summed E-state index contributed by atoms with van der Waals surface area (Å²) in [6.07, 6.45) is 3.30. The molecule has 4 nitrogen and oxygen atoms in total. The maximum Gasteiger partial charge on any atom is 0.144 e. The van der Waals surface area contributed by atoms with E-state index in [0.29, 0.717) is 11.6 Å². The van der Waals surface area contributed by atoms with Gasteiger partial charge in [-0.1, -0.05) is 12.1 Å². The number of benzene rings is 1. The molecule has 0 spiro atoms. The molecule has 0 aliphatic carbocycles. The average Bonchev–Trinajstić information content (AvgIpc) is 2.83. The van der Waals surface area contributed by atoms with Crippen molar-refractivity contribution in [3.63, 3.8) is 0 Å². The fraction of sp³-hybridized carbons (Fsp3) is 0.250. The second-order valence-corrected chi connectivity index (χ2v) is 3.74. The van der Waals surface area contributed by atoms with Crippen molar-refractivity contribution in [3.05, 3.63) is 48.0 Å². The van der Waals surface area contributed by atoms with Crippen molar-refractivity contribution in [1.82, 2.24) is 9.97 Å². The standard InChI is InChI=1S/C12H14N2O2/c1-12(15,11-13-6-7-14-11)9-4-3-5-10(8-9)16-2/h3-8,15H,1-2H3,(H,13,14). The van der Waals surface area contributed by atoms with Crippen LogP contribution in [0.1, 0.15) is 18.3 Å². The maximum atomic E-state index is 10.4. The van der Waals surface area contributed by atoms with Crippen molar-refractivity contribution in [2.24, 2.45) is 0 Å². The summed E-state index contributed by atoms with van der Waals surface area (Å²) in [4.78, 5) is 6.98. The van der Waals surface area contributed by atoms with Gasteiger partial charge in [0.1, 0.15) is 17.2 Å². The van der Waals surface area contributed by atoms with Gasteiger partial charge in [-0.3, -0.25) is 0 Å².